The summed E-state index contributed by atoms with van der Waals surface area (Å²) in [5, 5.41) is 4.67. The van der Waals surface area contributed by atoms with Crippen LogP contribution in [-0.2, 0) is 11.3 Å². The van der Waals surface area contributed by atoms with Crippen LogP contribution in [0.4, 0.5) is 0 Å². The van der Waals surface area contributed by atoms with E-state index in [2.05, 4.69) is 5.10 Å². The summed E-state index contributed by atoms with van der Waals surface area (Å²) >= 11 is 0. The normalized spacial score (nSPS) is 10.8. The average molecular weight is 392 g/mol. The van der Waals surface area contributed by atoms with E-state index in [1.54, 1.807) is 4.90 Å². The van der Waals surface area contributed by atoms with Crippen molar-refractivity contribution in [1.82, 2.24) is 14.7 Å². The Morgan fingerprint density at radius 2 is 1.66 bits per heavy atom. The van der Waals surface area contributed by atoms with E-state index >= 15 is 0 Å². The Hall–Kier alpha value is -3.08. The van der Waals surface area contributed by atoms with Gasteiger partial charge in [0.2, 0.25) is 5.91 Å². The second-order valence-electron chi connectivity index (χ2n) is 7.47. The molecular formula is C24H29N3O2. The Labute approximate surface area is 172 Å². The lowest BCUT2D eigenvalue weighted by atomic mass is 10.1. The summed E-state index contributed by atoms with van der Waals surface area (Å²) in [4.78, 5) is 14.4. The van der Waals surface area contributed by atoms with Crippen molar-refractivity contribution in [2.75, 3.05) is 13.7 Å². The van der Waals surface area contributed by atoms with Crippen LogP contribution in [0.25, 0.3) is 5.69 Å². The van der Waals surface area contributed by atoms with E-state index in [9.17, 15) is 4.79 Å². The van der Waals surface area contributed by atoms with Crippen molar-refractivity contribution in [3.05, 3.63) is 76.6 Å². The van der Waals surface area contributed by atoms with Gasteiger partial charge in [-0.2, -0.15) is 5.10 Å². The number of amides is 1. The molecule has 0 aliphatic heterocycles. The minimum absolute atomic E-state index is 0.0579. The minimum Gasteiger partial charge on any atom is -0.493 e. The van der Waals surface area contributed by atoms with E-state index in [1.807, 2.05) is 88.0 Å². The number of aryl methyl sites for hydroxylation is 3. The van der Waals surface area contributed by atoms with Crippen LogP contribution in [0.5, 0.6) is 5.75 Å². The molecule has 0 spiro atoms. The molecule has 0 saturated carbocycles. The van der Waals surface area contributed by atoms with Crippen LogP contribution < -0.4 is 4.74 Å². The molecule has 0 atom stereocenters. The topological polar surface area (TPSA) is 47.4 Å². The van der Waals surface area contributed by atoms with Crippen LogP contribution in [0, 0.1) is 27.7 Å². The first-order chi connectivity index (χ1) is 13.9. The van der Waals surface area contributed by atoms with Gasteiger partial charge in [0.1, 0.15) is 5.75 Å². The summed E-state index contributed by atoms with van der Waals surface area (Å²) in [6.45, 7) is 8.98. The largest absolute Gasteiger partial charge is 0.493 e. The van der Waals surface area contributed by atoms with Gasteiger partial charge in [0.05, 0.1) is 24.4 Å². The smallest absolute Gasteiger partial charge is 0.226 e. The van der Waals surface area contributed by atoms with Crippen molar-refractivity contribution in [2.45, 2.75) is 40.7 Å². The highest BCUT2D eigenvalue weighted by atomic mass is 16.5. The number of rotatable bonds is 7. The lowest BCUT2D eigenvalue weighted by Gasteiger charge is -2.18. The predicted octanol–water partition coefficient (Wildman–Crippen LogP) is 4.53. The van der Waals surface area contributed by atoms with E-state index in [0.29, 0.717) is 19.6 Å². The molecule has 1 aromatic heterocycles. The number of benzene rings is 2. The fraction of sp³-hybridized carbons (Fsp3) is 0.333. The van der Waals surface area contributed by atoms with Crippen LogP contribution in [0.1, 0.15) is 34.5 Å². The molecular weight excluding hydrogens is 362 g/mol. The third-order valence-corrected chi connectivity index (χ3v) is 5.23. The first kappa shape index (κ1) is 20.6. The van der Waals surface area contributed by atoms with E-state index in [1.165, 1.54) is 0 Å². The van der Waals surface area contributed by atoms with Gasteiger partial charge in [-0.3, -0.25) is 4.79 Å². The van der Waals surface area contributed by atoms with Crippen molar-refractivity contribution >= 4 is 5.91 Å². The molecule has 0 radical (unpaired) electrons. The number of aromatic nitrogens is 2. The first-order valence-corrected chi connectivity index (χ1v) is 9.92. The standard InChI is InChI=1S/C24H29N3O2/c1-17-10-9-11-18(2)24(17)29-15-14-23(28)26(5)16-22-19(3)25-27(20(22)4)21-12-7-6-8-13-21/h6-13H,14-16H2,1-5H3. The van der Waals surface area contributed by atoms with Crippen molar-refractivity contribution in [2.24, 2.45) is 0 Å². The second-order valence-corrected chi connectivity index (χ2v) is 7.47. The SMILES string of the molecule is Cc1cccc(C)c1OCCC(=O)N(C)Cc1c(C)nn(-c2ccccc2)c1C. The van der Waals surface area contributed by atoms with E-state index in [4.69, 9.17) is 4.74 Å². The van der Waals surface area contributed by atoms with Gasteiger partial charge in [0.25, 0.3) is 0 Å². The average Bonchev–Trinajstić information content (AvgIpc) is 2.99. The Kier molecular flexibility index (Phi) is 6.37. The molecule has 1 amide bonds. The first-order valence-electron chi connectivity index (χ1n) is 9.92. The number of nitrogens with zero attached hydrogens (tertiary/aromatic N) is 3. The number of ether oxygens (including phenoxy) is 1. The number of para-hydroxylation sites is 2. The van der Waals surface area contributed by atoms with Gasteiger partial charge in [-0.15, -0.1) is 0 Å². The molecule has 5 nitrogen and oxygen atoms in total. The quantitative estimate of drug-likeness (QED) is 0.594. The Balaban J connectivity index is 1.62. The molecule has 152 valence electrons. The Morgan fingerprint density at radius 1 is 1.00 bits per heavy atom. The van der Waals surface area contributed by atoms with Crippen molar-refractivity contribution in [3.63, 3.8) is 0 Å². The summed E-state index contributed by atoms with van der Waals surface area (Å²) < 4.78 is 7.82. The van der Waals surface area contributed by atoms with Crippen molar-refractivity contribution < 1.29 is 9.53 Å². The van der Waals surface area contributed by atoms with Gasteiger partial charge in [-0.1, -0.05) is 36.4 Å². The fourth-order valence-electron chi connectivity index (χ4n) is 3.51. The second kappa shape index (κ2) is 8.95. The molecule has 2 aromatic carbocycles. The van der Waals surface area contributed by atoms with Crippen LogP contribution >= 0.6 is 0 Å². The molecule has 0 fully saturated rings. The van der Waals surface area contributed by atoms with Crippen LogP contribution in [0.15, 0.2) is 48.5 Å². The van der Waals surface area contributed by atoms with Crippen molar-refractivity contribution in [3.8, 4) is 11.4 Å². The molecule has 0 unspecified atom stereocenters. The predicted molar refractivity (Wildman–Crippen MR) is 116 cm³/mol. The number of hydrogen-bond donors (Lipinski definition) is 0. The Morgan fingerprint density at radius 3 is 2.31 bits per heavy atom. The van der Waals surface area contributed by atoms with Gasteiger partial charge in [0, 0.05) is 24.8 Å². The summed E-state index contributed by atoms with van der Waals surface area (Å²) in [5.41, 5.74) is 6.28. The summed E-state index contributed by atoms with van der Waals surface area (Å²) in [6.07, 6.45) is 0.342. The summed E-state index contributed by atoms with van der Waals surface area (Å²) in [7, 11) is 1.83. The highest BCUT2D eigenvalue weighted by molar-refractivity contribution is 5.76. The van der Waals surface area contributed by atoms with Crippen LogP contribution in [-0.4, -0.2) is 34.2 Å². The maximum Gasteiger partial charge on any atom is 0.226 e. The zero-order chi connectivity index (χ0) is 21.0. The van der Waals surface area contributed by atoms with Gasteiger partial charge >= 0.3 is 0 Å². The summed E-state index contributed by atoms with van der Waals surface area (Å²) in [5.74, 6) is 0.932. The molecule has 5 heteroatoms. The maximum absolute atomic E-state index is 12.6. The molecule has 1 heterocycles. The van der Waals surface area contributed by atoms with E-state index in [-0.39, 0.29) is 5.91 Å². The number of carbonyl (C=O) groups excluding carboxylic acids is 1. The zero-order valence-electron chi connectivity index (χ0n) is 17.9. The van der Waals surface area contributed by atoms with E-state index in [0.717, 1.165) is 39.5 Å². The van der Waals surface area contributed by atoms with Gasteiger partial charge in [-0.25, -0.2) is 4.68 Å². The van der Waals surface area contributed by atoms with Crippen LogP contribution in [0.3, 0.4) is 0 Å². The molecule has 0 bridgehead atoms. The highest BCUT2D eigenvalue weighted by Gasteiger charge is 2.17. The summed E-state index contributed by atoms with van der Waals surface area (Å²) in [6, 6.07) is 16.1. The van der Waals surface area contributed by atoms with E-state index < -0.39 is 0 Å². The molecule has 0 aliphatic carbocycles. The van der Waals surface area contributed by atoms with Gasteiger partial charge in [0.15, 0.2) is 0 Å². The third kappa shape index (κ3) is 4.67. The molecule has 0 N–H and O–H groups in total. The number of hydrogen-bond acceptors (Lipinski definition) is 3. The maximum atomic E-state index is 12.6. The third-order valence-electron chi connectivity index (χ3n) is 5.23. The molecule has 3 aromatic rings. The van der Waals surface area contributed by atoms with Crippen LogP contribution in [0.2, 0.25) is 0 Å². The Bertz CT molecular complexity index is 973. The lowest BCUT2D eigenvalue weighted by molar-refractivity contribution is -0.130. The van der Waals surface area contributed by atoms with Crippen molar-refractivity contribution in [1.29, 1.82) is 0 Å². The molecule has 0 aliphatic rings. The molecule has 3 rings (SSSR count). The monoisotopic (exact) mass is 391 g/mol. The minimum atomic E-state index is 0.0579. The lowest BCUT2D eigenvalue weighted by Crippen LogP contribution is -2.28. The molecule has 29 heavy (non-hydrogen) atoms. The fourth-order valence-corrected chi connectivity index (χ4v) is 3.51. The van der Waals surface area contributed by atoms with Gasteiger partial charge in [-0.05, 0) is 51.0 Å². The van der Waals surface area contributed by atoms with Gasteiger partial charge < -0.3 is 9.64 Å². The molecule has 0 saturated heterocycles. The zero-order valence-corrected chi connectivity index (χ0v) is 17.9. The number of carbonyl (C=O) groups is 1. The highest BCUT2D eigenvalue weighted by Crippen LogP contribution is 2.23.